The Bertz CT molecular complexity index is 379. The lowest BCUT2D eigenvalue weighted by Crippen LogP contribution is -2.20. The van der Waals surface area contributed by atoms with Crippen molar-refractivity contribution in [1.82, 2.24) is 10.1 Å². The summed E-state index contributed by atoms with van der Waals surface area (Å²) in [5.74, 6) is 2.37. The van der Waals surface area contributed by atoms with E-state index in [4.69, 9.17) is 4.52 Å². The number of aliphatic hydroxyl groups excluding tert-OH is 1. The van der Waals surface area contributed by atoms with E-state index in [0.29, 0.717) is 5.89 Å². The van der Waals surface area contributed by atoms with E-state index in [1.54, 1.807) is 6.92 Å². The van der Waals surface area contributed by atoms with Gasteiger partial charge in [-0.15, -0.1) is 0 Å². The molecule has 0 bridgehead atoms. The number of aliphatic hydroxyl groups is 1. The lowest BCUT2D eigenvalue weighted by Gasteiger charge is -2.19. The average molecular weight is 284 g/mol. The fraction of sp³-hybridized carbons (Fsp3) is 0.857. The smallest absolute Gasteiger partial charge is 0.232 e. The summed E-state index contributed by atoms with van der Waals surface area (Å²) in [6.45, 7) is 5.91. The first-order valence-corrected chi connectivity index (χ1v) is 8.25. The number of hydrogen-bond acceptors (Lipinski definition) is 5. The molecule has 2 rings (SSSR count). The van der Waals surface area contributed by atoms with Gasteiger partial charge in [0.2, 0.25) is 5.89 Å². The van der Waals surface area contributed by atoms with Crippen molar-refractivity contribution < 1.29 is 9.63 Å². The van der Waals surface area contributed by atoms with Crippen molar-refractivity contribution in [2.45, 2.75) is 69.5 Å². The van der Waals surface area contributed by atoms with E-state index in [-0.39, 0.29) is 11.8 Å². The summed E-state index contributed by atoms with van der Waals surface area (Å²) in [6.07, 6.45) is 4.88. The lowest BCUT2D eigenvalue weighted by atomic mass is 9.91. The Balaban J connectivity index is 1.93. The fourth-order valence-corrected chi connectivity index (χ4v) is 3.93. The third-order valence-electron chi connectivity index (χ3n) is 3.76. The van der Waals surface area contributed by atoms with Gasteiger partial charge in [0.1, 0.15) is 0 Å². The molecular weight excluding hydrogens is 260 g/mol. The van der Waals surface area contributed by atoms with Gasteiger partial charge < -0.3 is 9.63 Å². The van der Waals surface area contributed by atoms with Gasteiger partial charge >= 0.3 is 0 Å². The minimum absolute atomic E-state index is 0.0715. The van der Waals surface area contributed by atoms with Crippen molar-refractivity contribution in [3.63, 3.8) is 0 Å². The van der Waals surface area contributed by atoms with Crippen molar-refractivity contribution >= 4 is 11.8 Å². The fourth-order valence-electron chi connectivity index (χ4n) is 2.76. The van der Waals surface area contributed by atoms with Gasteiger partial charge in [-0.3, -0.25) is 0 Å². The van der Waals surface area contributed by atoms with E-state index in [1.807, 2.05) is 11.8 Å². The molecule has 1 fully saturated rings. The standard InChI is InChI=1S/C14H24N2O2S/c1-9(2)13(10(3)17)14-15-12(16-18-14)8-19-11-6-4-5-7-11/h9-11,13,17H,4-8H2,1-3H3. The van der Waals surface area contributed by atoms with E-state index in [2.05, 4.69) is 24.0 Å². The first-order chi connectivity index (χ1) is 9.08. The van der Waals surface area contributed by atoms with Crippen molar-refractivity contribution in [2.24, 2.45) is 5.92 Å². The van der Waals surface area contributed by atoms with Crippen molar-refractivity contribution in [1.29, 1.82) is 0 Å². The molecule has 1 N–H and O–H groups in total. The van der Waals surface area contributed by atoms with Crippen LogP contribution in [0.25, 0.3) is 0 Å². The van der Waals surface area contributed by atoms with Gasteiger partial charge in [0.15, 0.2) is 5.82 Å². The third kappa shape index (κ3) is 3.96. The summed E-state index contributed by atoms with van der Waals surface area (Å²) in [7, 11) is 0. The predicted molar refractivity (Wildman–Crippen MR) is 77.1 cm³/mol. The minimum Gasteiger partial charge on any atom is -0.393 e. The Kier molecular flexibility index (Phi) is 5.28. The van der Waals surface area contributed by atoms with Gasteiger partial charge in [-0.05, 0) is 25.7 Å². The zero-order valence-electron chi connectivity index (χ0n) is 12.0. The summed E-state index contributed by atoms with van der Waals surface area (Å²) in [6, 6.07) is 0. The SMILES string of the molecule is CC(C)C(c1nc(CSC2CCCC2)no1)C(C)O. The first kappa shape index (κ1) is 14.9. The maximum atomic E-state index is 9.81. The van der Waals surface area contributed by atoms with Crippen molar-refractivity contribution in [3.05, 3.63) is 11.7 Å². The Morgan fingerprint density at radius 3 is 2.58 bits per heavy atom. The highest BCUT2D eigenvalue weighted by molar-refractivity contribution is 7.99. The Morgan fingerprint density at radius 1 is 1.32 bits per heavy atom. The van der Waals surface area contributed by atoms with Crippen LogP contribution in [-0.2, 0) is 5.75 Å². The molecule has 108 valence electrons. The predicted octanol–water partition coefficient (Wildman–Crippen LogP) is 3.37. The van der Waals surface area contributed by atoms with Crippen LogP contribution < -0.4 is 0 Å². The highest BCUT2D eigenvalue weighted by atomic mass is 32.2. The molecule has 5 heteroatoms. The highest BCUT2D eigenvalue weighted by Crippen LogP contribution is 2.32. The summed E-state index contributed by atoms with van der Waals surface area (Å²) >= 11 is 1.93. The first-order valence-electron chi connectivity index (χ1n) is 7.20. The number of thioether (sulfide) groups is 1. The second-order valence-corrected chi connectivity index (χ2v) is 7.07. The monoisotopic (exact) mass is 284 g/mol. The summed E-state index contributed by atoms with van der Waals surface area (Å²) in [5.41, 5.74) is 0. The maximum absolute atomic E-state index is 9.81. The van der Waals surface area contributed by atoms with Crippen molar-refractivity contribution in [2.75, 3.05) is 0 Å². The third-order valence-corrected chi connectivity index (χ3v) is 5.12. The maximum Gasteiger partial charge on any atom is 0.232 e. The van der Waals surface area contributed by atoms with Crippen LogP contribution in [0.3, 0.4) is 0 Å². The van der Waals surface area contributed by atoms with Gasteiger partial charge in [-0.25, -0.2) is 0 Å². The molecular formula is C14H24N2O2S. The molecule has 2 unspecified atom stereocenters. The second-order valence-electron chi connectivity index (χ2n) is 5.78. The zero-order chi connectivity index (χ0) is 13.8. The average Bonchev–Trinajstić information content (AvgIpc) is 2.95. The molecule has 0 radical (unpaired) electrons. The quantitative estimate of drug-likeness (QED) is 0.868. The number of nitrogens with zero attached hydrogens (tertiary/aromatic N) is 2. The molecule has 4 nitrogen and oxygen atoms in total. The van der Waals surface area contributed by atoms with Crippen LogP contribution in [0.4, 0.5) is 0 Å². The largest absolute Gasteiger partial charge is 0.393 e. The molecule has 0 saturated heterocycles. The van der Waals surface area contributed by atoms with Crippen LogP contribution in [0.2, 0.25) is 0 Å². The Hall–Kier alpha value is -0.550. The molecule has 19 heavy (non-hydrogen) atoms. The molecule has 0 aromatic carbocycles. The number of rotatable bonds is 6. The molecule has 2 atom stereocenters. The normalized spacial score (nSPS) is 20.1. The topological polar surface area (TPSA) is 59.2 Å². The summed E-state index contributed by atoms with van der Waals surface area (Å²) in [4.78, 5) is 4.46. The van der Waals surface area contributed by atoms with E-state index >= 15 is 0 Å². The summed E-state index contributed by atoms with van der Waals surface area (Å²) in [5, 5.41) is 14.6. The molecule has 1 aliphatic carbocycles. The van der Waals surface area contributed by atoms with E-state index in [0.717, 1.165) is 16.8 Å². The van der Waals surface area contributed by atoms with Crippen LogP contribution >= 0.6 is 11.8 Å². The Morgan fingerprint density at radius 2 is 2.00 bits per heavy atom. The molecule has 1 aliphatic rings. The number of hydrogen-bond donors (Lipinski definition) is 1. The lowest BCUT2D eigenvalue weighted by molar-refractivity contribution is 0.120. The molecule has 0 aliphatic heterocycles. The van der Waals surface area contributed by atoms with Crippen LogP contribution in [0.1, 0.15) is 64.1 Å². The molecule has 1 aromatic rings. The molecule has 1 aromatic heterocycles. The van der Waals surface area contributed by atoms with Crippen LogP contribution in [-0.4, -0.2) is 26.6 Å². The van der Waals surface area contributed by atoms with Crippen LogP contribution in [0, 0.1) is 5.92 Å². The van der Waals surface area contributed by atoms with Gasteiger partial charge in [-0.2, -0.15) is 16.7 Å². The molecule has 1 saturated carbocycles. The van der Waals surface area contributed by atoms with E-state index in [1.165, 1.54) is 25.7 Å². The van der Waals surface area contributed by atoms with Gasteiger partial charge in [0.05, 0.1) is 17.8 Å². The Labute approximate surface area is 119 Å². The van der Waals surface area contributed by atoms with Crippen molar-refractivity contribution in [3.8, 4) is 0 Å². The zero-order valence-corrected chi connectivity index (χ0v) is 12.8. The summed E-state index contributed by atoms with van der Waals surface area (Å²) < 4.78 is 5.33. The molecule has 1 heterocycles. The highest BCUT2D eigenvalue weighted by Gasteiger charge is 2.27. The van der Waals surface area contributed by atoms with Gasteiger partial charge in [-0.1, -0.05) is 31.8 Å². The van der Waals surface area contributed by atoms with E-state index in [9.17, 15) is 5.11 Å². The second kappa shape index (κ2) is 6.75. The van der Waals surface area contributed by atoms with Crippen LogP contribution in [0.5, 0.6) is 0 Å². The molecule has 0 spiro atoms. The minimum atomic E-state index is -0.462. The van der Waals surface area contributed by atoms with E-state index < -0.39 is 6.10 Å². The van der Waals surface area contributed by atoms with Gasteiger partial charge in [0, 0.05) is 5.25 Å². The molecule has 0 amide bonds. The van der Waals surface area contributed by atoms with Gasteiger partial charge in [0.25, 0.3) is 0 Å². The number of aromatic nitrogens is 2. The van der Waals surface area contributed by atoms with Crippen LogP contribution in [0.15, 0.2) is 4.52 Å².